The lowest BCUT2D eigenvalue weighted by Gasteiger charge is -2.25. The highest BCUT2D eigenvalue weighted by molar-refractivity contribution is 5.84. The Labute approximate surface area is 128 Å². The Hall–Kier alpha value is -1.54. The SMILES string of the molecule is CCNCC(C)(C)CCc1ccc2cc(OC)ccc2c1. The van der Waals surface area contributed by atoms with E-state index in [4.69, 9.17) is 4.74 Å². The van der Waals surface area contributed by atoms with E-state index in [0.717, 1.165) is 25.3 Å². The molecule has 0 fully saturated rings. The van der Waals surface area contributed by atoms with Crippen molar-refractivity contribution in [2.45, 2.75) is 33.6 Å². The van der Waals surface area contributed by atoms with Crippen molar-refractivity contribution >= 4 is 10.8 Å². The summed E-state index contributed by atoms with van der Waals surface area (Å²) in [6, 6.07) is 13.0. The van der Waals surface area contributed by atoms with Gasteiger partial charge in [0.05, 0.1) is 7.11 Å². The molecule has 0 saturated heterocycles. The zero-order chi connectivity index (χ0) is 15.3. The molecule has 0 aliphatic rings. The molecule has 2 aromatic carbocycles. The first-order chi connectivity index (χ1) is 10.0. The van der Waals surface area contributed by atoms with Gasteiger partial charge in [0.25, 0.3) is 0 Å². The van der Waals surface area contributed by atoms with Gasteiger partial charge in [-0.05, 0) is 53.3 Å². The Morgan fingerprint density at radius 2 is 1.76 bits per heavy atom. The van der Waals surface area contributed by atoms with Gasteiger partial charge in [0.15, 0.2) is 0 Å². The van der Waals surface area contributed by atoms with Crippen molar-refractivity contribution in [2.75, 3.05) is 20.2 Å². The van der Waals surface area contributed by atoms with Crippen molar-refractivity contribution in [3.63, 3.8) is 0 Å². The van der Waals surface area contributed by atoms with Crippen molar-refractivity contribution in [3.8, 4) is 5.75 Å². The molecule has 0 atom stereocenters. The number of hydrogen-bond donors (Lipinski definition) is 1. The van der Waals surface area contributed by atoms with Gasteiger partial charge in [-0.2, -0.15) is 0 Å². The minimum absolute atomic E-state index is 0.338. The summed E-state index contributed by atoms with van der Waals surface area (Å²) in [6.07, 6.45) is 2.32. The first-order valence-electron chi connectivity index (χ1n) is 7.81. The van der Waals surface area contributed by atoms with E-state index < -0.39 is 0 Å². The van der Waals surface area contributed by atoms with E-state index in [-0.39, 0.29) is 0 Å². The zero-order valence-corrected chi connectivity index (χ0v) is 13.7. The van der Waals surface area contributed by atoms with Gasteiger partial charge in [0.1, 0.15) is 5.75 Å². The fourth-order valence-corrected chi connectivity index (χ4v) is 2.59. The van der Waals surface area contributed by atoms with Crippen LogP contribution < -0.4 is 10.1 Å². The Balaban J connectivity index is 2.06. The molecule has 1 N–H and O–H groups in total. The average molecular weight is 285 g/mol. The molecule has 2 heteroatoms. The number of aryl methyl sites for hydroxylation is 1. The minimum Gasteiger partial charge on any atom is -0.497 e. The van der Waals surface area contributed by atoms with Crippen LogP contribution in [-0.2, 0) is 6.42 Å². The molecule has 0 unspecified atom stereocenters. The molecule has 2 nitrogen and oxygen atoms in total. The maximum Gasteiger partial charge on any atom is 0.119 e. The minimum atomic E-state index is 0.338. The van der Waals surface area contributed by atoms with Gasteiger partial charge in [-0.3, -0.25) is 0 Å². The van der Waals surface area contributed by atoms with Crippen LogP contribution in [0.25, 0.3) is 10.8 Å². The van der Waals surface area contributed by atoms with E-state index in [0.29, 0.717) is 5.41 Å². The standard InChI is InChI=1S/C19H27NO/c1-5-20-14-19(2,3)11-10-15-6-7-17-13-18(21-4)9-8-16(17)12-15/h6-9,12-13,20H,5,10-11,14H2,1-4H3. The van der Waals surface area contributed by atoms with Gasteiger partial charge in [-0.25, -0.2) is 0 Å². The number of rotatable bonds is 7. The first-order valence-corrected chi connectivity index (χ1v) is 7.81. The van der Waals surface area contributed by atoms with E-state index in [9.17, 15) is 0 Å². The maximum atomic E-state index is 5.28. The highest BCUT2D eigenvalue weighted by atomic mass is 16.5. The Bertz CT molecular complexity index is 589. The fourth-order valence-electron chi connectivity index (χ4n) is 2.59. The van der Waals surface area contributed by atoms with Gasteiger partial charge in [-0.15, -0.1) is 0 Å². The zero-order valence-electron chi connectivity index (χ0n) is 13.7. The number of fused-ring (bicyclic) bond motifs is 1. The third-order valence-corrected chi connectivity index (χ3v) is 4.06. The maximum absolute atomic E-state index is 5.28. The molecule has 0 radical (unpaired) electrons. The van der Waals surface area contributed by atoms with Gasteiger partial charge >= 0.3 is 0 Å². The molecular formula is C19H27NO. The van der Waals surface area contributed by atoms with Gasteiger partial charge in [0.2, 0.25) is 0 Å². The summed E-state index contributed by atoms with van der Waals surface area (Å²) in [7, 11) is 1.71. The van der Waals surface area contributed by atoms with E-state index in [2.05, 4.69) is 56.4 Å². The van der Waals surface area contributed by atoms with E-state index in [1.165, 1.54) is 22.8 Å². The second kappa shape index (κ2) is 6.95. The van der Waals surface area contributed by atoms with Crippen LogP contribution in [0.1, 0.15) is 32.8 Å². The molecule has 0 heterocycles. The lowest BCUT2D eigenvalue weighted by Crippen LogP contribution is -2.29. The summed E-state index contributed by atoms with van der Waals surface area (Å²) in [4.78, 5) is 0. The average Bonchev–Trinajstić information content (AvgIpc) is 2.50. The number of ether oxygens (including phenoxy) is 1. The van der Waals surface area contributed by atoms with Gasteiger partial charge < -0.3 is 10.1 Å². The molecule has 0 amide bonds. The van der Waals surface area contributed by atoms with Crippen LogP contribution in [0.3, 0.4) is 0 Å². The lowest BCUT2D eigenvalue weighted by atomic mass is 9.86. The van der Waals surface area contributed by atoms with Crippen LogP contribution in [0.15, 0.2) is 36.4 Å². The van der Waals surface area contributed by atoms with Crippen molar-refractivity contribution in [3.05, 3.63) is 42.0 Å². The Morgan fingerprint density at radius 1 is 1.05 bits per heavy atom. The number of nitrogens with one attached hydrogen (secondary N) is 1. The summed E-state index contributed by atoms with van der Waals surface area (Å²) in [5, 5.41) is 5.98. The van der Waals surface area contributed by atoms with Crippen LogP contribution >= 0.6 is 0 Å². The quantitative estimate of drug-likeness (QED) is 0.813. The second-order valence-corrected chi connectivity index (χ2v) is 6.49. The van der Waals surface area contributed by atoms with Crippen molar-refractivity contribution in [2.24, 2.45) is 5.41 Å². The molecule has 0 spiro atoms. The van der Waals surface area contributed by atoms with Crippen molar-refractivity contribution in [1.82, 2.24) is 5.32 Å². The number of methoxy groups -OCH3 is 1. The number of benzene rings is 2. The van der Waals surface area contributed by atoms with Gasteiger partial charge in [0, 0.05) is 6.54 Å². The van der Waals surface area contributed by atoms with E-state index in [1.807, 2.05) is 6.07 Å². The first kappa shape index (κ1) is 15.8. The summed E-state index contributed by atoms with van der Waals surface area (Å²) < 4.78 is 5.28. The Morgan fingerprint density at radius 3 is 2.48 bits per heavy atom. The predicted molar refractivity (Wildman–Crippen MR) is 91.1 cm³/mol. The fraction of sp³-hybridized carbons (Fsp3) is 0.474. The molecule has 0 aromatic heterocycles. The molecule has 2 aromatic rings. The lowest BCUT2D eigenvalue weighted by molar-refractivity contribution is 0.318. The molecule has 114 valence electrons. The molecule has 0 aliphatic heterocycles. The second-order valence-electron chi connectivity index (χ2n) is 6.49. The monoisotopic (exact) mass is 285 g/mol. The summed E-state index contributed by atoms with van der Waals surface area (Å²) in [5.41, 5.74) is 1.75. The van der Waals surface area contributed by atoms with Gasteiger partial charge in [-0.1, -0.05) is 45.0 Å². The van der Waals surface area contributed by atoms with Crippen LogP contribution in [0, 0.1) is 5.41 Å². The molecule has 0 saturated carbocycles. The third-order valence-electron chi connectivity index (χ3n) is 4.06. The van der Waals surface area contributed by atoms with Crippen molar-refractivity contribution < 1.29 is 4.74 Å². The summed E-state index contributed by atoms with van der Waals surface area (Å²) in [5.74, 6) is 0.919. The normalized spacial score (nSPS) is 11.8. The number of hydrogen-bond acceptors (Lipinski definition) is 2. The molecule has 0 aliphatic carbocycles. The Kier molecular flexibility index (Phi) is 5.24. The smallest absolute Gasteiger partial charge is 0.119 e. The summed E-state index contributed by atoms with van der Waals surface area (Å²) >= 11 is 0. The largest absolute Gasteiger partial charge is 0.497 e. The third kappa shape index (κ3) is 4.47. The van der Waals surface area contributed by atoms with Crippen LogP contribution in [0.4, 0.5) is 0 Å². The van der Waals surface area contributed by atoms with E-state index in [1.54, 1.807) is 7.11 Å². The molecular weight excluding hydrogens is 258 g/mol. The highest BCUT2D eigenvalue weighted by Crippen LogP contribution is 2.25. The topological polar surface area (TPSA) is 21.3 Å². The summed E-state index contributed by atoms with van der Waals surface area (Å²) in [6.45, 7) is 8.95. The molecule has 0 bridgehead atoms. The van der Waals surface area contributed by atoms with Crippen LogP contribution in [0.5, 0.6) is 5.75 Å². The molecule has 21 heavy (non-hydrogen) atoms. The van der Waals surface area contributed by atoms with Crippen LogP contribution in [-0.4, -0.2) is 20.2 Å². The molecule has 2 rings (SSSR count). The van der Waals surface area contributed by atoms with E-state index >= 15 is 0 Å². The predicted octanol–water partition coefficient (Wildman–Crippen LogP) is 4.42. The van der Waals surface area contributed by atoms with Crippen molar-refractivity contribution in [1.29, 1.82) is 0 Å². The van der Waals surface area contributed by atoms with Crippen LogP contribution in [0.2, 0.25) is 0 Å². The highest BCUT2D eigenvalue weighted by Gasteiger charge is 2.16.